The number of carbonyl (C=O) groups excluding carboxylic acids is 1. The van der Waals surface area contributed by atoms with Crippen LogP contribution in [0.25, 0.3) is 0 Å². The monoisotopic (exact) mass is 264 g/mol. The standard InChI is InChI=1S/C14H20N2O3/c1-19-11-6-4-10(5-7-11)13(17)9-16-12-3-2-8-15-14(12)18/h4-7,12-13,16-17H,2-3,8-9H2,1H3,(H,15,18). The Morgan fingerprint density at radius 3 is 2.84 bits per heavy atom. The maximum atomic E-state index is 11.6. The van der Waals surface area contributed by atoms with Gasteiger partial charge in [0.05, 0.1) is 19.3 Å². The molecule has 5 heteroatoms. The maximum Gasteiger partial charge on any atom is 0.237 e. The van der Waals surface area contributed by atoms with Crippen LogP contribution < -0.4 is 15.4 Å². The molecule has 1 aliphatic heterocycles. The lowest BCUT2D eigenvalue weighted by molar-refractivity contribution is -0.124. The number of nitrogens with one attached hydrogen (secondary N) is 2. The molecule has 0 spiro atoms. The normalized spacial score (nSPS) is 20.7. The number of hydrogen-bond donors (Lipinski definition) is 3. The van der Waals surface area contributed by atoms with Gasteiger partial charge in [-0.05, 0) is 30.5 Å². The second-order valence-corrected chi connectivity index (χ2v) is 4.68. The van der Waals surface area contributed by atoms with Crippen LogP contribution in [0.15, 0.2) is 24.3 Å². The van der Waals surface area contributed by atoms with E-state index in [9.17, 15) is 9.90 Å². The van der Waals surface area contributed by atoms with Crippen LogP contribution in [-0.2, 0) is 4.79 Å². The zero-order valence-electron chi connectivity index (χ0n) is 11.1. The van der Waals surface area contributed by atoms with Gasteiger partial charge in [-0.1, -0.05) is 12.1 Å². The molecule has 19 heavy (non-hydrogen) atoms. The van der Waals surface area contributed by atoms with Gasteiger partial charge < -0.3 is 20.5 Å². The Kier molecular flexibility index (Phi) is 4.76. The van der Waals surface area contributed by atoms with E-state index < -0.39 is 6.10 Å². The summed E-state index contributed by atoms with van der Waals surface area (Å²) in [5.74, 6) is 0.781. The lowest BCUT2D eigenvalue weighted by atomic mass is 10.1. The van der Waals surface area contributed by atoms with Crippen molar-refractivity contribution in [1.82, 2.24) is 10.6 Å². The molecule has 5 nitrogen and oxygen atoms in total. The molecule has 2 rings (SSSR count). The van der Waals surface area contributed by atoms with Gasteiger partial charge in [0, 0.05) is 13.1 Å². The number of benzene rings is 1. The molecule has 104 valence electrons. The Morgan fingerprint density at radius 1 is 1.47 bits per heavy atom. The van der Waals surface area contributed by atoms with E-state index in [1.54, 1.807) is 7.11 Å². The van der Waals surface area contributed by atoms with Crippen LogP contribution in [0.5, 0.6) is 5.75 Å². The zero-order chi connectivity index (χ0) is 13.7. The molecule has 2 unspecified atom stereocenters. The molecule has 0 aliphatic carbocycles. The van der Waals surface area contributed by atoms with E-state index in [-0.39, 0.29) is 11.9 Å². The van der Waals surface area contributed by atoms with E-state index in [0.717, 1.165) is 30.7 Å². The van der Waals surface area contributed by atoms with Gasteiger partial charge >= 0.3 is 0 Å². The van der Waals surface area contributed by atoms with Crippen molar-refractivity contribution in [2.45, 2.75) is 25.0 Å². The first-order valence-electron chi connectivity index (χ1n) is 6.54. The zero-order valence-corrected chi connectivity index (χ0v) is 11.1. The predicted octanol–water partition coefficient (Wildman–Crippen LogP) is 0.597. The van der Waals surface area contributed by atoms with Crippen LogP contribution in [0, 0.1) is 0 Å². The van der Waals surface area contributed by atoms with Crippen molar-refractivity contribution in [2.75, 3.05) is 20.2 Å². The molecule has 1 aromatic carbocycles. The average molecular weight is 264 g/mol. The molecule has 0 radical (unpaired) electrons. The van der Waals surface area contributed by atoms with E-state index in [1.807, 2.05) is 24.3 Å². The highest BCUT2D eigenvalue weighted by atomic mass is 16.5. The number of aliphatic hydroxyl groups is 1. The molecule has 1 aliphatic rings. The van der Waals surface area contributed by atoms with E-state index in [2.05, 4.69) is 10.6 Å². The minimum atomic E-state index is -0.624. The molecule has 0 bridgehead atoms. The smallest absolute Gasteiger partial charge is 0.237 e. The average Bonchev–Trinajstić information content (AvgIpc) is 2.46. The van der Waals surface area contributed by atoms with Crippen LogP contribution in [0.4, 0.5) is 0 Å². The molecule has 0 aromatic heterocycles. The quantitative estimate of drug-likeness (QED) is 0.728. The highest BCUT2D eigenvalue weighted by Crippen LogP contribution is 2.17. The first-order chi connectivity index (χ1) is 9.20. The van der Waals surface area contributed by atoms with Crippen molar-refractivity contribution in [3.8, 4) is 5.75 Å². The number of ether oxygens (including phenoxy) is 1. The minimum Gasteiger partial charge on any atom is -0.497 e. The number of methoxy groups -OCH3 is 1. The van der Waals surface area contributed by atoms with Crippen molar-refractivity contribution in [2.24, 2.45) is 0 Å². The Bertz CT molecular complexity index is 419. The van der Waals surface area contributed by atoms with Gasteiger partial charge in [0.1, 0.15) is 5.75 Å². The Hall–Kier alpha value is -1.59. The molecule has 3 N–H and O–H groups in total. The minimum absolute atomic E-state index is 0.0215. The van der Waals surface area contributed by atoms with Gasteiger partial charge in [-0.2, -0.15) is 0 Å². The van der Waals surface area contributed by atoms with Crippen molar-refractivity contribution >= 4 is 5.91 Å². The van der Waals surface area contributed by atoms with Gasteiger partial charge in [0.2, 0.25) is 5.91 Å². The topological polar surface area (TPSA) is 70.6 Å². The molecular formula is C14H20N2O3. The molecule has 1 amide bonds. The fourth-order valence-electron chi connectivity index (χ4n) is 2.16. The van der Waals surface area contributed by atoms with Crippen LogP contribution >= 0.6 is 0 Å². The van der Waals surface area contributed by atoms with Crippen LogP contribution in [0.3, 0.4) is 0 Å². The largest absolute Gasteiger partial charge is 0.497 e. The van der Waals surface area contributed by atoms with Gasteiger partial charge in [-0.25, -0.2) is 0 Å². The lowest BCUT2D eigenvalue weighted by Gasteiger charge is -2.24. The van der Waals surface area contributed by atoms with Crippen LogP contribution in [-0.4, -0.2) is 37.3 Å². The third-order valence-electron chi connectivity index (χ3n) is 3.34. The summed E-state index contributed by atoms with van der Waals surface area (Å²) >= 11 is 0. The third-order valence-corrected chi connectivity index (χ3v) is 3.34. The first kappa shape index (κ1) is 13.8. The number of piperidine rings is 1. The van der Waals surface area contributed by atoms with E-state index in [1.165, 1.54) is 0 Å². The van der Waals surface area contributed by atoms with E-state index in [0.29, 0.717) is 6.54 Å². The summed E-state index contributed by atoms with van der Waals surface area (Å²) in [4.78, 5) is 11.6. The third kappa shape index (κ3) is 3.68. The van der Waals surface area contributed by atoms with Gasteiger partial charge in [-0.3, -0.25) is 4.79 Å². The van der Waals surface area contributed by atoms with Crippen molar-refractivity contribution in [1.29, 1.82) is 0 Å². The summed E-state index contributed by atoms with van der Waals surface area (Å²) in [5, 5.41) is 16.0. The predicted molar refractivity (Wildman–Crippen MR) is 72.0 cm³/mol. The Labute approximate surface area is 113 Å². The van der Waals surface area contributed by atoms with Crippen molar-refractivity contribution in [3.63, 3.8) is 0 Å². The number of carbonyl (C=O) groups is 1. The number of aliphatic hydroxyl groups excluding tert-OH is 1. The lowest BCUT2D eigenvalue weighted by Crippen LogP contribution is -2.49. The second kappa shape index (κ2) is 6.54. The summed E-state index contributed by atoms with van der Waals surface area (Å²) in [5.41, 5.74) is 0.810. The van der Waals surface area contributed by atoms with Crippen LogP contribution in [0.1, 0.15) is 24.5 Å². The fourth-order valence-corrected chi connectivity index (χ4v) is 2.16. The number of rotatable bonds is 5. The highest BCUT2D eigenvalue weighted by molar-refractivity contribution is 5.82. The summed E-state index contributed by atoms with van der Waals surface area (Å²) in [7, 11) is 1.61. The van der Waals surface area contributed by atoms with E-state index in [4.69, 9.17) is 4.74 Å². The molecule has 1 saturated heterocycles. The first-order valence-corrected chi connectivity index (χ1v) is 6.54. The summed E-state index contributed by atoms with van der Waals surface area (Å²) in [6.07, 6.45) is 1.17. The van der Waals surface area contributed by atoms with Gasteiger partial charge in [0.15, 0.2) is 0 Å². The number of amides is 1. The molecule has 1 aromatic rings. The van der Waals surface area contributed by atoms with Gasteiger partial charge in [-0.15, -0.1) is 0 Å². The van der Waals surface area contributed by atoms with Crippen molar-refractivity contribution in [3.05, 3.63) is 29.8 Å². The molecule has 0 saturated carbocycles. The van der Waals surface area contributed by atoms with Gasteiger partial charge in [0.25, 0.3) is 0 Å². The maximum absolute atomic E-state index is 11.6. The van der Waals surface area contributed by atoms with Crippen molar-refractivity contribution < 1.29 is 14.6 Å². The van der Waals surface area contributed by atoms with Crippen LogP contribution in [0.2, 0.25) is 0 Å². The molecule has 2 atom stereocenters. The number of hydrogen-bond acceptors (Lipinski definition) is 4. The molecule has 1 fully saturated rings. The van der Waals surface area contributed by atoms with E-state index >= 15 is 0 Å². The SMILES string of the molecule is COc1ccc(C(O)CNC2CCCNC2=O)cc1. The Balaban J connectivity index is 1.85. The summed E-state index contributed by atoms with van der Waals surface area (Å²) < 4.78 is 5.07. The highest BCUT2D eigenvalue weighted by Gasteiger charge is 2.22. The second-order valence-electron chi connectivity index (χ2n) is 4.68. The molecular weight excluding hydrogens is 244 g/mol. The molecule has 1 heterocycles. The summed E-state index contributed by atoms with van der Waals surface area (Å²) in [6.45, 7) is 1.11. The Morgan fingerprint density at radius 2 is 2.21 bits per heavy atom. The fraction of sp³-hybridized carbons (Fsp3) is 0.500. The summed E-state index contributed by atoms with van der Waals surface area (Å²) in [6, 6.07) is 7.08.